The van der Waals surface area contributed by atoms with Crippen molar-refractivity contribution >= 4 is 33.4 Å². The van der Waals surface area contributed by atoms with Crippen LogP contribution in [-0.4, -0.2) is 4.92 Å². The molecule has 98 valence electrons. The molecular formula is C12H6BrF2NO2S. The molecule has 2 aromatic carbocycles. The summed E-state index contributed by atoms with van der Waals surface area (Å²) in [7, 11) is 0. The molecule has 0 bridgehead atoms. The highest BCUT2D eigenvalue weighted by molar-refractivity contribution is 9.10. The third-order valence-corrected chi connectivity index (χ3v) is 3.78. The van der Waals surface area contributed by atoms with E-state index < -0.39 is 16.6 Å². The minimum absolute atomic E-state index is 0.0934. The van der Waals surface area contributed by atoms with E-state index in [1.54, 1.807) is 12.1 Å². The van der Waals surface area contributed by atoms with Crippen LogP contribution in [0.2, 0.25) is 0 Å². The Morgan fingerprint density at radius 2 is 1.84 bits per heavy atom. The number of rotatable bonds is 3. The quantitative estimate of drug-likeness (QED) is 0.593. The first-order chi connectivity index (χ1) is 8.97. The second-order valence-electron chi connectivity index (χ2n) is 3.55. The highest BCUT2D eigenvalue weighted by atomic mass is 79.9. The normalized spacial score (nSPS) is 10.5. The van der Waals surface area contributed by atoms with Crippen molar-refractivity contribution in [1.82, 2.24) is 0 Å². The van der Waals surface area contributed by atoms with Gasteiger partial charge in [0.1, 0.15) is 0 Å². The molecule has 19 heavy (non-hydrogen) atoms. The van der Waals surface area contributed by atoms with Crippen molar-refractivity contribution < 1.29 is 13.7 Å². The summed E-state index contributed by atoms with van der Waals surface area (Å²) in [5.74, 6) is -1.93. The van der Waals surface area contributed by atoms with Crippen molar-refractivity contribution in [3.63, 3.8) is 0 Å². The van der Waals surface area contributed by atoms with Crippen molar-refractivity contribution in [2.45, 2.75) is 9.79 Å². The van der Waals surface area contributed by atoms with Crippen LogP contribution in [-0.2, 0) is 0 Å². The number of nitro benzene ring substituents is 1. The van der Waals surface area contributed by atoms with Gasteiger partial charge in [0, 0.05) is 15.4 Å². The zero-order chi connectivity index (χ0) is 14.0. The van der Waals surface area contributed by atoms with Crippen LogP contribution in [0.5, 0.6) is 0 Å². The number of nitrogens with zero attached hydrogens (tertiary/aromatic N) is 1. The Balaban J connectivity index is 2.37. The van der Waals surface area contributed by atoms with Crippen molar-refractivity contribution in [2.24, 2.45) is 0 Å². The van der Waals surface area contributed by atoms with E-state index in [2.05, 4.69) is 15.9 Å². The van der Waals surface area contributed by atoms with E-state index in [1.165, 1.54) is 12.1 Å². The standard InChI is InChI=1S/C12H6BrF2NO2S/c13-7-1-4-12(11(5-7)16(17)18)19-8-2-3-9(14)10(15)6-8/h1-6H. The summed E-state index contributed by atoms with van der Waals surface area (Å²) in [5, 5.41) is 10.9. The van der Waals surface area contributed by atoms with Crippen molar-refractivity contribution in [3.8, 4) is 0 Å². The predicted octanol–water partition coefficient (Wildman–Crippen LogP) is 4.79. The molecule has 3 nitrogen and oxygen atoms in total. The van der Waals surface area contributed by atoms with Crippen LogP contribution >= 0.6 is 27.7 Å². The molecular weight excluding hydrogens is 340 g/mol. The molecule has 0 saturated heterocycles. The average Bonchev–Trinajstić information content (AvgIpc) is 2.36. The lowest BCUT2D eigenvalue weighted by Gasteiger charge is -2.04. The van der Waals surface area contributed by atoms with Gasteiger partial charge in [0.05, 0.1) is 9.82 Å². The number of benzene rings is 2. The molecule has 2 rings (SSSR count). The Morgan fingerprint density at radius 3 is 2.47 bits per heavy atom. The number of nitro groups is 1. The fraction of sp³-hybridized carbons (Fsp3) is 0. The maximum atomic E-state index is 13.1. The summed E-state index contributed by atoms with van der Waals surface area (Å²) < 4.78 is 26.5. The van der Waals surface area contributed by atoms with Crippen LogP contribution in [0.15, 0.2) is 50.7 Å². The molecule has 0 fully saturated rings. The molecule has 0 N–H and O–H groups in total. The first kappa shape index (κ1) is 14.0. The Labute approximate surface area is 119 Å². The van der Waals surface area contributed by atoms with Gasteiger partial charge in [-0.3, -0.25) is 10.1 Å². The Bertz CT molecular complexity index is 652. The maximum Gasteiger partial charge on any atom is 0.284 e. The molecule has 0 heterocycles. The summed E-state index contributed by atoms with van der Waals surface area (Å²) in [6.45, 7) is 0. The summed E-state index contributed by atoms with van der Waals surface area (Å²) in [6.07, 6.45) is 0. The summed E-state index contributed by atoms with van der Waals surface area (Å²) in [4.78, 5) is 11.2. The fourth-order valence-corrected chi connectivity index (χ4v) is 2.66. The molecule has 0 amide bonds. The van der Waals surface area contributed by atoms with Gasteiger partial charge in [0.2, 0.25) is 0 Å². The van der Waals surface area contributed by atoms with Gasteiger partial charge < -0.3 is 0 Å². The number of halogens is 3. The molecule has 0 saturated carbocycles. The topological polar surface area (TPSA) is 43.1 Å². The molecule has 0 atom stereocenters. The van der Waals surface area contributed by atoms with Gasteiger partial charge in [-0.1, -0.05) is 27.7 Å². The van der Waals surface area contributed by atoms with E-state index in [0.29, 0.717) is 14.3 Å². The van der Waals surface area contributed by atoms with Crippen LogP contribution in [0, 0.1) is 21.7 Å². The SMILES string of the molecule is O=[N+]([O-])c1cc(Br)ccc1Sc1ccc(F)c(F)c1. The summed E-state index contributed by atoms with van der Waals surface area (Å²) in [6, 6.07) is 7.93. The van der Waals surface area contributed by atoms with Gasteiger partial charge >= 0.3 is 0 Å². The first-order valence-electron chi connectivity index (χ1n) is 5.04. The van der Waals surface area contributed by atoms with E-state index in [4.69, 9.17) is 0 Å². The third-order valence-electron chi connectivity index (χ3n) is 2.24. The first-order valence-corrected chi connectivity index (χ1v) is 6.65. The van der Waals surface area contributed by atoms with E-state index in [0.717, 1.165) is 23.9 Å². The molecule has 2 aromatic rings. The van der Waals surface area contributed by atoms with Crippen molar-refractivity contribution in [3.05, 3.63) is 62.6 Å². The van der Waals surface area contributed by atoms with Crippen LogP contribution in [0.4, 0.5) is 14.5 Å². The average molecular weight is 346 g/mol. The smallest absolute Gasteiger partial charge is 0.258 e. The lowest BCUT2D eigenvalue weighted by atomic mass is 10.3. The molecule has 0 aromatic heterocycles. The summed E-state index contributed by atoms with van der Waals surface area (Å²) >= 11 is 4.15. The second-order valence-corrected chi connectivity index (χ2v) is 5.58. The predicted molar refractivity (Wildman–Crippen MR) is 71.3 cm³/mol. The third kappa shape index (κ3) is 3.30. The van der Waals surface area contributed by atoms with Crippen LogP contribution < -0.4 is 0 Å². The highest BCUT2D eigenvalue weighted by Gasteiger charge is 2.16. The maximum absolute atomic E-state index is 13.1. The van der Waals surface area contributed by atoms with E-state index >= 15 is 0 Å². The zero-order valence-corrected chi connectivity index (χ0v) is 11.7. The molecule has 7 heteroatoms. The highest BCUT2D eigenvalue weighted by Crippen LogP contribution is 2.36. The van der Waals surface area contributed by atoms with Crippen LogP contribution in [0.25, 0.3) is 0 Å². The van der Waals surface area contributed by atoms with Gasteiger partial charge in [0.25, 0.3) is 5.69 Å². The molecule has 0 spiro atoms. The van der Waals surface area contributed by atoms with Gasteiger partial charge in [-0.15, -0.1) is 0 Å². The Kier molecular flexibility index (Phi) is 4.16. The fourth-order valence-electron chi connectivity index (χ4n) is 1.39. The monoisotopic (exact) mass is 345 g/mol. The largest absolute Gasteiger partial charge is 0.284 e. The van der Waals surface area contributed by atoms with Gasteiger partial charge in [0.15, 0.2) is 11.6 Å². The summed E-state index contributed by atoms with van der Waals surface area (Å²) in [5.41, 5.74) is -0.0934. The molecule has 0 aliphatic carbocycles. The van der Waals surface area contributed by atoms with Gasteiger partial charge in [-0.2, -0.15) is 0 Å². The zero-order valence-electron chi connectivity index (χ0n) is 9.27. The molecule has 0 radical (unpaired) electrons. The lowest BCUT2D eigenvalue weighted by Crippen LogP contribution is -1.91. The van der Waals surface area contributed by atoms with Crippen molar-refractivity contribution in [1.29, 1.82) is 0 Å². The molecule has 0 aliphatic rings. The van der Waals surface area contributed by atoms with Gasteiger partial charge in [-0.05, 0) is 30.3 Å². The molecule has 0 unspecified atom stereocenters. The Hall–Kier alpha value is -1.47. The van der Waals surface area contributed by atoms with Crippen molar-refractivity contribution in [2.75, 3.05) is 0 Å². The van der Waals surface area contributed by atoms with E-state index in [-0.39, 0.29) is 5.69 Å². The second kappa shape index (κ2) is 5.66. The molecule has 0 aliphatic heterocycles. The van der Waals surface area contributed by atoms with E-state index in [1.807, 2.05) is 0 Å². The Morgan fingerprint density at radius 1 is 1.11 bits per heavy atom. The van der Waals surface area contributed by atoms with Crippen LogP contribution in [0.1, 0.15) is 0 Å². The van der Waals surface area contributed by atoms with E-state index in [9.17, 15) is 18.9 Å². The number of hydrogen-bond donors (Lipinski definition) is 0. The van der Waals surface area contributed by atoms with Crippen LogP contribution in [0.3, 0.4) is 0 Å². The lowest BCUT2D eigenvalue weighted by molar-refractivity contribution is -0.387. The number of hydrogen-bond acceptors (Lipinski definition) is 3. The minimum Gasteiger partial charge on any atom is -0.258 e. The van der Waals surface area contributed by atoms with Gasteiger partial charge in [-0.25, -0.2) is 8.78 Å². The minimum atomic E-state index is -0.982.